The molecule has 2 aromatic rings. The molecule has 90 valence electrons. The van der Waals surface area contributed by atoms with Crippen LogP contribution in [0, 0.1) is 0 Å². The Bertz CT molecular complexity index is 487. The first-order valence-corrected chi connectivity index (χ1v) is 7.20. The normalized spacial score (nSPS) is 10.7. The molecule has 0 bridgehead atoms. The molecule has 0 radical (unpaired) electrons. The molecule has 0 N–H and O–H groups in total. The largest absolute Gasteiger partial charge is 0.334 e. The van der Waals surface area contributed by atoms with Gasteiger partial charge in [-0.3, -0.25) is 4.79 Å². The molecule has 1 heterocycles. The first-order chi connectivity index (χ1) is 8.24. The van der Waals surface area contributed by atoms with Crippen molar-refractivity contribution in [3.63, 3.8) is 0 Å². The van der Waals surface area contributed by atoms with E-state index in [1.165, 1.54) is 11.8 Å². The Labute approximate surface area is 109 Å². The number of para-hydroxylation sites is 1. The summed E-state index contributed by atoms with van der Waals surface area (Å²) in [4.78, 5) is 18.1. The topological polar surface area (TPSA) is 33.2 Å². The van der Waals surface area contributed by atoms with E-state index in [1.54, 1.807) is 16.2 Å². The van der Waals surface area contributed by atoms with E-state index < -0.39 is 0 Å². The number of thiazole rings is 1. The van der Waals surface area contributed by atoms with Gasteiger partial charge in [0.1, 0.15) is 0 Å². The molecule has 0 fully saturated rings. The maximum atomic E-state index is 11.9. The van der Waals surface area contributed by atoms with Gasteiger partial charge in [0, 0.05) is 24.9 Å². The molecule has 0 aliphatic heterocycles. The predicted molar refractivity (Wildman–Crippen MR) is 73.8 cm³/mol. The Morgan fingerprint density at radius 1 is 1.35 bits per heavy atom. The number of nitrogens with zero attached hydrogens (tertiary/aromatic N) is 2. The third-order valence-corrected chi connectivity index (χ3v) is 4.50. The van der Waals surface area contributed by atoms with Crippen LogP contribution in [0.3, 0.4) is 0 Å². The Kier molecular flexibility index (Phi) is 4.02. The van der Waals surface area contributed by atoms with E-state index >= 15 is 0 Å². The van der Waals surface area contributed by atoms with Crippen LogP contribution < -0.4 is 0 Å². The van der Waals surface area contributed by atoms with E-state index in [-0.39, 0.29) is 5.24 Å². The van der Waals surface area contributed by atoms with Crippen molar-refractivity contribution in [2.75, 3.05) is 13.1 Å². The van der Waals surface area contributed by atoms with Crippen LogP contribution in [0.5, 0.6) is 0 Å². The van der Waals surface area contributed by atoms with Crippen LogP contribution in [0.25, 0.3) is 10.2 Å². The van der Waals surface area contributed by atoms with Crippen LogP contribution in [0.2, 0.25) is 0 Å². The first-order valence-electron chi connectivity index (χ1n) is 5.57. The number of fused-ring (bicyclic) bond motifs is 1. The second kappa shape index (κ2) is 5.51. The number of hydrogen-bond donors (Lipinski definition) is 0. The third-order valence-electron chi connectivity index (χ3n) is 2.47. The van der Waals surface area contributed by atoms with Gasteiger partial charge in [-0.2, -0.15) is 0 Å². The number of hydrogen-bond acceptors (Lipinski definition) is 4. The lowest BCUT2D eigenvalue weighted by Gasteiger charge is -2.16. The smallest absolute Gasteiger partial charge is 0.288 e. The Morgan fingerprint density at radius 3 is 2.71 bits per heavy atom. The van der Waals surface area contributed by atoms with Crippen molar-refractivity contribution in [3.8, 4) is 0 Å². The van der Waals surface area contributed by atoms with Gasteiger partial charge in [0.25, 0.3) is 5.24 Å². The third kappa shape index (κ3) is 2.79. The van der Waals surface area contributed by atoms with Gasteiger partial charge in [0.05, 0.1) is 10.2 Å². The van der Waals surface area contributed by atoms with Crippen LogP contribution in [-0.4, -0.2) is 28.2 Å². The van der Waals surface area contributed by atoms with Crippen LogP contribution in [0.15, 0.2) is 28.6 Å². The lowest BCUT2D eigenvalue weighted by atomic mass is 10.3. The molecule has 0 spiro atoms. The van der Waals surface area contributed by atoms with E-state index in [0.717, 1.165) is 27.6 Å². The molecule has 1 amide bonds. The fourth-order valence-electron chi connectivity index (χ4n) is 1.52. The number of thioether (sulfide) groups is 1. The highest BCUT2D eigenvalue weighted by Gasteiger charge is 2.14. The van der Waals surface area contributed by atoms with Gasteiger partial charge < -0.3 is 4.90 Å². The minimum absolute atomic E-state index is 0.0778. The Morgan fingerprint density at radius 2 is 2.06 bits per heavy atom. The summed E-state index contributed by atoms with van der Waals surface area (Å²) in [5, 5.41) is 0.0778. The summed E-state index contributed by atoms with van der Waals surface area (Å²) in [6.45, 7) is 5.46. The Balaban J connectivity index is 2.15. The van der Waals surface area contributed by atoms with Crippen LogP contribution in [-0.2, 0) is 0 Å². The molecule has 0 aliphatic rings. The average molecular weight is 266 g/mol. The number of carbonyl (C=O) groups is 1. The van der Waals surface area contributed by atoms with Gasteiger partial charge in [0.15, 0.2) is 4.34 Å². The molecule has 0 saturated heterocycles. The minimum Gasteiger partial charge on any atom is -0.334 e. The molecule has 1 aromatic heterocycles. The second-order valence-corrected chi connectivity index (χ2v) is 5.72. The van der Waals surface area contributed by atoms with E-state index in [0.29, 0.717) is 0 Å². The molecule has 1 aromatic carbocycles. The summed E-state index contributed by atoms with van der Waals surface area (Å²) in [5.41, 5.74) is 0.965. The quantitative estimate of drug-likeness (QED) is 0.791. The van der Waals surface area contributed by atoms with Crippen molar-refractivity contribution in [3.05, 3.63) is 24.3 Å². The molecule has 0 aliphatic carbocycles. The van der Waals surface area contributed by atoms with Gasteiger partial charge in [-0.25, -0.2) is 4.98 Å². The number of benzene rings is 1. The first kappa shape index (κ1) is 12.4. The summed E-state index contributed by atoms with van der Waals surface area (Å²) in [5.74, 6) is 0. The van der Waals surface area contributed by atoms with Gasteiger partial charge in [-0.15, -0.1) is 11.3 Å². The number of carbonyl (C=O) groups excluding carboxylic acids is 1. The van der Waals surface area contributed by atoms with E-state index in [4.69, 9.17) is 0 Å². The SMILES string of the molecule is CCN(CC)C(=O)Sc1nc2ccccc2s1. The molecule has 2 rings (SSSR count). The minimum atomic E-state index is 0.0778. The van der Waals surface area contributed by atoms with Gasteiger partial charge >= 0.3 is 0 Å². The highest BCUT2D eigenvalue weighted by molar-refractivity contribution is 8.14. The fraction of sp³-hybridized carbons (Fsp3) is 0.333. The maximum absolute atomic E-state index is 11.9. The monoisotopic (exact) mass is 266 g/mol. The summed E-state index contributed by atoms with van der Waals surface area (Å²) < 4.78 is 1.95. The van der Waals surface area contributed by atoms with Gasteiger partial charge in [-0.05, 0) is 26.0 Å². The van der Waals surface area contributed by atoms with Crippen molar-refractivity contribution in [1.82, 2.24) is 9.88 Å². The standard InChI is InChI=1S/C12H14N2OS2/c1-3-14(4-2)12(15)17-11-13-9-7-5-6-8-10(9)16-11/h5-8H,3-4H2,1-2H3. The number of amides is 1. The van der Waals surface area contributed by atoms with Crippen molar-refractivity contribution >= 4 is 38.6 Å². The van der Waals surface area contributed by atoms with E-state index in [2.05, 4.69) is 4.98 Å². The number of rotatable bonds is 3. The summed E-state index contributed by atoms with van der Waals surface area (Å²) >= 11 is 2.79. The zero-order valence-corrected chi connectivity index (χ0v) is 11.5. The van der Waals surface area contributed by atoms with Crippen LogP contribution in [0.4, 0.5) is 4.79 Å². The zero-order valence-electron chi connectivity index (χ0n) is 9.84. The highest BCUT2D eigenvalue weighted by atomic mass is 32.2. The molecular formula is C12H14N2OS2. The van der Waals surface area contributed by atoms with E-state index in [1.807, 2.05) is 38.1 Å². The summed E-state index contributed by atoms with van der Waals surface area (Å²) in [7, 11) is 0. The van der Waals surface area contributed by atoms with Crippen molar-refractivity contribution in [1.29, 1.82) is 0 Å². The lowest BCUT2D eigenvalue weighted by molar-refractivity contribution is 0.228. The van der Waals surface area contributed by atoms with Crippen molar-refractivity contribution in [2.45, 2.75) is 18.2 Å². The van der Waals surface area contributed by atoms with Crippen LogP contribution >= 0.6 is 23.1 Å². The Hall–Kier alpha value is -1.07. The highest BCUT2D eigenvalue weighted by Crippen LogP contribution is 2.30. The zero-order chi connectivity index (χ0) is 12.3. The predicted octanol–water partition coefficient (Wildman–Crippen LogP) is 3.85. The molecule has 0 saturated carbocycles. The van der Waals surface area contributed by atoms with Crippen molar-refractivity contribution in [2.24, 2.45) is 0 Å². The van der Waals surface area contributed by atoms with Crippen LogP contribution in [0.1, 0.15) is 13.8 Å². The summed E-state index contributed by atoms with van der Waals surface area (Å²) in [6.07, 6.45) is 0. The summed E-state index contributed by atoms with van der Waals surface area (Å²) in [6, 6.07) is 7.95. The average Bonchev–Trinajstić information content (AvgIpc) is 2.72. The molecule has 17 heavy (non-hydrogen) atoms. The lowest BCUT2D eigenvalue weighted by Crippen LogP contribution is -2.26. The van der Waals surface area contributed by atoms with Gasteiger partial charge in [-0.1, -0.05) is 12.1 Å². The molecule has 0 atom stereocenters. The molecule has 5 heteroatoms. The fourth-order valence-corrected chi connectivity index (χ4v) is 3.54. The molecule has 0 unspecified atom stereocenters. The van der Waals surface area contributed by atoms with E-state index in [9.17, 15) is 4.79 Å². The second-order valence-electron chi connectivity index (χ2n) is 3.49. The molecule has 3 nitrogen and oxygen atoms in total. The maximum Gasteiger partial charge on any atom is 0.288 e. The number of aromatic nitrogens is 1. The van der Waals surface area contributed by atoms with Gasteiger partial charge in [0.2, 0.25) is 0 Å². The molecular weight excluding hydrogens is 252 g/mol. The van der Waals surface area contributed by atoms with Crippen molar-refractivity contribution < 1.29 is 4.79 Å².